The van der Waals surface area contributed by atoms with Crippen molar-refractivity contribution in [1.82, 2.24) is 15.1 Å². The van der Waals surface area contributed by atoms with Crippen LogP contribution in [0.25, 0.3) is 0 Å². The van der Waals surface area contributed by atoms with Crippen LogP contribution in [-0.4, -0.2) is 16.3 Å². The van der Waals surface area contributed by atoms with E-state index < -0.39 is 0 Å². The molecule has 1 aromatic heterocycles. The average molecular weight is 271 g/mol. The zero-order valence-electron chi connectivity index (χ0n) is 13.0. The first-order chi connectivity index (χ1) is 9.63. The summed E-state index contributed by atoms with van der Waals surface area (Å²) in [5.41, 5.74) is 5.21. The van der Waals surface area contributed by atoms with Crippen molar-refractivity contribution in [2.75, 3.05) is 6.54 Å². The van der Waals surface area contributed by atoms with Crippen LogP contribution < -0.4 is 5.32 Å². The molecule has 0 aliphatic rings. The first-order valence-corrected chi connectivity index (χ1v) is 7.43. The van der Waals surface area contributed by atoms with Crippen molar-refractivity contribution >= 4 is 0 Å². The molecule has 3 nitrogen and oxygen atoms in total. The van der Waals surface area contributed by atoms with Gasteiger partial charge < -0.3 is 5.32 Å². The van der Waals surface area contributed by atoms with Gasteiger partial charge in [-0.2, -0.15) is 5.10 Å². The molecular formula is C17H25N3. The highest BCUT2D eigenvalue weighted by molar-refractivity contribution is 5.27. The summed E-state index contributed by atoms with van der Waals surface area (Å²) in [6, 6.07) is 8.86. The largest absolute Gasteiger partial charge is 0.310 e. The topological polar surface area (TPSA) is 29.9 Å². The van der Waals surface area contributed by atoms with Gasteiger partial charge in [0.25, 0.3) is 0 Å². The van der Waals surface area contributed by atoms with Gasteiger partial charge in [0.1, 0.15) is 0 Å². The predicted molar refractivity (Wildman–Crippen MR) is 84.0 cm³/mol. The number of hydrogen-bond acceptors (Lipinski definition) is 2. The number of rotatable bonds is 6. The Hall–Kier alpha value is -1.61. The standard InChI is InChI=1S/C17H25N3/c1-5-10-18-14(3)17-11-19-20(15(17)4)12-16-9-7-6-8-13(16)2/h6-9,11,14,18H,5,10,12H2,1-4H3. The fourth-order valence-electron chi connectivity index (χ4n) is 2.47. The fourth-order valence-corrected chi connectivity index (χ4v) is 2.47. The molecule has 1 aromatic carbocycles. The lowest BCUT2D eigenvalue weighted by Crippen LogP contribution is -2.19. The third kappa shape index (κ3) is 3.28. The number of nitrogens with zero attached hydrogens (tertiary/aromatic N) is 2. The molecule has 0 bridgehead atoms. The summed E-state index contributed by atoms with van der Waals surface area (Å²) >= 11 is 0. The van der Waals surface area contributed by atoms with E-state index in [0.717, 1.165) is 19.5 Å². The van der Waals surface area contributed by atoms with E-state index in [2.05, 4.69) is 67.1 Å². The Morgan fingerprint density at radius 1 is 1.25 bits per heavy atom. The SMILES string of the molecule is CCCNC(C)c1cnn(Cc2ccccc2C)c1C. The maximum atomic E-state index is 4.56. The second-order valence-electron chi connectivity index (χ2n) is 5.45. The molecule has 3 heteroatoms. The Morgan fingerprint density at radius 3 is 2.70 bits per heavy atom. The van der Waals surface area contributed by atoms with Crippen molar-refractivity contribution in [3.63, 3.8) is 0 Å². The Balaban J connectivity index is 2.15. The highest BCUT2D eigenvalue weighted by Gasteiger charge is 2.13. The van der Waals surface area contributed by atoms with Crippen molar-refractivity contribution in [2.24, 2.45) is 0 Å². The van der Waals surface area contributed by atoms with Gasteiger partial charge in [0, 0.05) is 17.3 Å². The summed E-state index contributed by atoms with van der Waals surface area (Å²) in [6.45, 7) is 10.6. The summed E-state index contributed by atoms with van der Waals surface area (Å²) in [7, 11) is 0. The van der Waals surface area contributed by atoms with Gasteiger partial charge in [-0.1, -0.05) is 31.2 Å². The number of aryl methyl sites for hydroxylation is 1. The van der Waals surface area contributed by atoms with Crippen LogP contribution in [0.4, 0.5) is 0 Å². The van der Waals surface area contributed by atoms with E-state index in [4.69, 9.17) is 0 Å². The van der Waals surface area contributed by atoms with Gasteiger partial charge in [-0.05, 0) is 44.9 Å². The first-order valence-electron chi connectivity index (χ1n) is 7.43. The third-order valence-corrected chi connectivity index (χ3v) is 3.89. The Bertz CT molecular complexity index is 557. The lowest BCUT2D eigenvalue weighted by Gasteiger charge is -2.13. The van der Waals surface area contributed by atoms with Crippen LogP contribution in [0.15, 0.2) is 30.5 Å². The van der Waals surface area contributed by atoms with E-state index in [9.17, 15) is 0 Å². The Kier molecular flexibility index (Phi) is 4.96. The maximum absolute atomic E-state index is 4.56. The van der Waals surface area contributed by atoms with Crippen molar-refractivity contribution in [2.45, 2.75) is 46.7 Å². The molecule has 1 N–H and O–H groups in total. The quantitative estimate of drug-likeness (QED) is 0.870. The van der Waals surface area contributed by atoms with Gasteiger partial charge in [-0.25, -0.2) is 0 Å². The molecule has 0 spiro atoms. The lowest BCUT2D eigenvalue weighted by molar-refractivity contribution is 0.565. The molecular weight excluding hydrogens is 246 g/mol. The summed E-state index contributed by atoms with van der Waals surface area (Å²) < 4.78 is 2.10. The van der Waals surface area contributed by atoms with Crippen molar-refractivity contribution in [3.05, 3.63) is 52.8 Å². The van der Waals surface area contributed by atoms with Crippen LogP contribution in [0.1, 0.15) is 48.7 Å². The van der Waals surface area contributed by atoms with Crippen LogP contribution in [-0.2, 0) is 6.54 Å². The van der Waals surface area contributed by atoms with Gasteiger partial charge in [0.15, 0.2) is 0 Å². The minimum absolute atomic E-state index is 0.362. The molecule has 0 amide bonds. The number of aromatic nitrogens is 2. The lowest BCUT2D eigenvalue weighted by atomic mass is 10.1. The Morgan fingerprint density at radius 2 is 2.00 bits per heavy atom. The molecule has 20 heavy (non-hydrogen) atoms. The van der Waals surface area contributed by atoms with Crippen LogP contribution in [0.3, 0.4) is 0 Å². The summed E-state index contributed by atoms with van der Waals surface area (Å²) in [5.74, 6) is 0. The van der Waals surface area contributed by atoms with E-state index in [1.807, 2.05) is 6.20 Å². The second-order valence-corrected chi connectivity index (χ2v) is 5.45. The number of benzene rings is 1. The normalized spacial score (nSPS) is 12.6. The van der Waals surface area contributed by atoms with E-state index in [0.29, 0.717) is 6.04 Å². The highest BCUT2D eigenvalue weighted by Crippen LogP contribution is 2.18. The molecule has 0 radical (unpaired) electrons. The molecule has 1 unspecified atom stereocenters. The molecule has 0 saturated heterocycles. The monoisotopic (exact) mass is 271 g/mol. The maximum Gasteiger partial charge on any atom is 0.0665 e. The summed E-state index contributed by atoms with van der Waals surface area (Å²) in [4.78, 5) is 0. The minimum atomic E-state index is 0.362. The van der Waals surface area contributed by atoms with Crippen molar-refractivity contribution in [3.8, 4) is 0 Å². The second kappa shape index (κ2) is 6.71. The minimum Gasteiger partial charge on any atom is -0.310 e. The molecule has 0 aliphatic heterocycles. The fraction of sp³-hybridized carbons (Fsp3) is 0.471. The van der Waals surface area contributed by atoms with E-state index in [-0.39, 0.29) is 0 Å². The zero-order valence-corrected chi connectivity index (χ0v) is 13.0. The average Bonchev–Trinajstić information content (AvgIpc) is 2.80. The predicted octanol–water partition coefficient (Wildman–Crippen LogP) is 3.61. The molecule has 108 valence electrons. The molecule has 0 saturated carbocycles. The highest BCUT2D eigenvalue weighted by atomic mass is 15.3. The van der Waals surface area contributed by atoms with E-state index >= 15 is 0 Å². The van der Waals surface area contributed by atoms with E-state index in [1.54, 1.807) is 0 Å². The van der Waals surface area contributed by atoms with Gasteiger partial charge in [-0.3, -0.25) is 4.68 Å². The summed E-state index contributed by atoms with van der Waals surface area (Å²) in [6.07, 6.45) is 3.15. The third-order valence-electron chi connectivity index (χ3n) is 3.89. The van der Waals surface area contributed by atoms with Crippen molar-refractivity contribution < 1.29 is 0 Å². The molecule has 0 aliphatic carbocycles. The smallest absolute Gasteiger partial charge is 0.0665 e. The van der Waals surface area contributed by atoms with Gasteiger partial charge >= 0.3 is 0 Å². The van der Waals surface area contributed by atoms with Crippen LogP contribution >= 0.6 is 0 Å². The van der Waals surface area contributed by atoms with Crippen LogP contribution in [0, 0.1) is 13.8 Å². The first kappa shape index (κ1) is 14.8. The Labute approximate surface area is 122 Å². The van der Waals surface area contributed by atoms with Crippen molar-refractivity contribution in [1.29, 1.82) is 0 Å². The van der Waals surface area contributed by atoms with Crippen LogP contribution in [0.5, 0.6) is 0 Å². The molecule has 2 rings (SSSR count). The number of hydrogen-bond donors (Lipinski definition) is 1. The molecule has 1 heterocycles. The van der Waals surface area contributed by atoms with Crippen LogP contribution in [0.2, 0.25) is 0 Å². The summed E-state index contributed by atoms with van der Waals surface area (Å²) in [5, 5.41) is 8.08. The van der Waals surface area contributed by atoms with Gasteiger partial charge in [-0.15, -0.1) is 0 Å². The van der Waals surface area contributed by atoms with E-state index in [1.165, 1.54) is 22.4 Å². The van der Waals surface area contributed by atoms with Gasteiger partial charge in [0.2, 0.25) is 0 Å². The van der Waals surface area contributed by atoms with Gasteiger partial charge in [0.05, 0.1) is 12.7 Å². The molecule has 2 aromatic rings. The molecule has 1 atom stereocenters. The molecule has 0 fully saturated rings. The zero-order chi connectivity index (χ0) is 14.5. The number of nitrogens with one attached hydrogen (secondary N) is 1.